The highest BCUT2D eigenvalue weighted by Gasteiger charge is 2.06. The van der Waals surface area contributed by atoms with E-state index in [1.165, 1.54) is 0 Å². The van der Waals surface area contributed by atoms with Gasteiger partial charge in [0.2, 0.25) is 0 Å². The molecular weight excluding hydrogens is 262 g/mol. The summed E-state index contributed by atoms with van der Waals surface area (Å²) in [6, 6.07) is 5.78. The topological polar surface area (TPSA) is 67.3 Å². The third-order valence-electron chi connectivity index (χ3n) is 2.48. The highest BCUT2D eigenvalue weighted by atomic mass is 32.1. The number of nitrogens with zero attached hydrogens (tertiary/aromatic N) is 2. The Morgan fingerprint density at radius 3 is 3.11 bits per heavy atom. The molecule has 5 nitrogen and oxygen atoms in total. The quantitative estimate of drug-likeness (QED) is 0.799. The van der Waals surface area contributed by atoms with Crippen molar-refractivity contribution in [3.8, 4) is 10.7 Å². The van der Waals surface area contributed by atoms with Crippen LogP contribution in [0.4, 0.5) is 0 Å². The molecule has 1 atom stereocenters. The van der Waals surface area contributed by atoms with Crippen molar-refractivity contribution in [3.05, 3.63) is 35.5 Å². The normalized spacial score (nSPS) is 12.5. The molecule has 0 aromatic carbocycles. The highest BCUT2D eigenvalue weighted by molar-refractivity contribution is 7.13. The molecule has 19 heavy (non-hydrogen) atoms. The lowest BCUT2D eigenvalue weighted by molar-refractivity contribution is 0.0644. The van der Waals surface area contributed by atoms with E-state index in [0.29, 0.717) is 19.7 Å². The van der Waals surface area contributed by atoms with Crippen LogP contribution >= 0.6 is 11.3 Å². The van der Waals surface area contributed by atoms with Gasteiger partial charge >= 0.3 is 0 Å². The molecule has 0 aliphatic heterocycles. The van der Waals surface area contributed by atoms with Gasteiger partial charge in [0.1, 0.15) is 5.01 Å². The third-order valence-corrected chi connectivity index (χ3v) is 3.39. The van der Waals surface area contributed by atoms with Crippen LogP contribution in [0, 0.1) is 0 Å². The highest BCUT2D eigenvalue weighted by Crippen LogP contribution is 2.20. The number of methoxy groups -OCH3 is 1. The van der Waals surface area contributed by atoms with Crippen LogP contribution in [0.25, 0.3) is 10.7 Å². The predicted molar refractivity (Wildman–Crippen MR) is 74.9 cm³/mol. The lowest BCUT2D eigenvalue weighted by Crippen LogP contribution is -2.29. The minimum atomic E-state index is -0.487. The largest absolute Gasteiger partial charge is 0.389 e. The van der Waals surface area contributed by atoms with E-state index in [9.17, 15) is 5.11 Å². The molecule has 2 heterocycles. The Morgan fingerprint density at radius 1 is 1.47 bits per heavy atom. The number of nitrogens with one attached hydrogen (secondary N) is 1. The fourth-order valence-corrected chi connectivity index (χ4v) is 2.41. The molecule has 0 fully saturated rings. The van der Waals surface area contributed by atoms with Crippen LogP contribution in [0.15, 0.2) is 29.8 Å². The Kier molecular flexibility index (Phi) is 5.41. The molecule has 0 saturated carbocycles. The molecular formula is C13H17N3O2S. The molecule has 0 aliphatic carbocycles. The van der Waals surface area contributed by atoms with Gasteiger partial charge in [-0.15, -0.1) is 11.3 Å². The van der Waals surface area contributed by atoms with E-state index in [2.05, 4.69) is 15.3 Å². The first-order chi connectivity index (χ1) is 9.29. The van der Waals surface area contributed by atoms with Crippen LogP contribution in [0.5, 0.6) is 0 Å². The van der Waals surface area contributed by atoms with Gasteiger partial charge in [-0.3, -0.25) is 4.98 Å². The fraction of sp³-hybridized carbons (Fsp3) is 0.385. The van der Waals surface area contributed by atoms with Gasteiger partial charge in [0, 0.05) is 31.8 Å². The Morgan fingerprint density at radius 2 is 2.37 bits per heavy atom. The van der Waals surface area contributed by atoms with Gasteiger partial charge in [-0.2, -0.15) is 0 Å². The molecule has 0 spiro atoms. The van der Waals surface area contributed by atoms with Gasteiger partial charge in [-0.1, -0.05) is 6.07 Å². The molecule has 2 aromatic rings. The zero-order valence-corrected chi connectivity index (χ0v) is 11.6. The number of pyridine rings is 1. The van der Waals surface area contributed by atoms with E-state index in [1.54, 1.807) is 24.6 Å². The number of aromatic nitrogens is 2. The zero-order chi connectivity index (χ0) is 13.5. The van der Waals surface area contributed by atoms with Gasteiger partial charge < -0.3 is 15.2 Å². The molecule has 0 radical (unpaired) electrons. The first-order valence-electron chi connectivity index (χ1n) is 6.03. The van der Waals surface area contributed by atoms with Crippen LogP contribution in [-0.4, -0.2) is 41.4 Å². The predicted octanol–water partition coefficient (Wildman–Crippen LogP) is 1.30. The van der Waals surface area contributed by atoms with Crippen molar-refractivity contribution >= 4 is 11.3 Å². The molecule has 2 N–H and O–H groups in total. The number of thiazole rings is 1. The van der Waals surface area contributed by atoms with Crippen molar-refractivity contribution in [3.63, 3.8) is 0 Å². The molecule has 0 saturated heterocycles. The molecule has 0 amide bonds. The van der Waals surface area contributed by atoms with Crippen LogP contribution in [0.3, 0.4) is 0 Å². The first-order valence-corrected chi connectivity index (χ1v) is 6.91. The van der Waals surface area contributed by atoms with Crippen molar-refractivity contribution in [1.29, 1.82) is 0 Å². The molecule has 1 unspecified atom stereocenters. The maximum Gasteiger partial charge on any atom is 0.142 e. The van der Waals surface area contributed by atoms with E-state index in [4.69, 9.17) is 4.74 Å². The maximum absolute atomic E-state index is 9.50. The van der Waals surface area contributed by atoms with Crippen molar-refractivity contribution in [1.82, 2.24) is 15.3 Å². The Labute approximate surface area is 116 Å². The Hall–Kier alpha value is -1.34. The number of ether oxygens (including phenoxy) is 1. The SMILES string of the molecule is COCC(O)CNCc1csc(-c2ccccn2)n1. The molecule has 2 aromatic heterocycles. The minimum Gasteiger partial charge on any atom is -0.389 e. The van der Waals surface area contributed by atoms with E-state index in [-0.39, 0.29) is 0 Å². The van der Waals surface area contributed by atoms with Crippen molar-refractivity contribution in [2.45, 2.75) is 12.6 Å². The smallest absolute Gasteiger partial charge is 0.142 e. The minimum absolute atomic E-state index is 0.337. The summed E-state index contributed by atoms with van der Waals surface area (Å²) in [5.41, 5.74) is 1.84. The number of rotatable bonds is 7. The van der Waals surface area contributed by atoms with Gasteiger partial charge in [-0.25, -0.2) is 4.98 Å². The number of aliphatic hydroxyl groups is 1. The van der Waals surface area contributed by atoms with Crippen molar-refractivity contribution < 1.29 is 9.84 Å². The monoisotopic (exact) mass is 279 g/mol. The lowest BCUT2D eigenvalue weighted by atomic mass is 10.3. The standard InChI is InChI=1S/C13H17N3O2S/c1-18-8-11(17)7-14-6-10-9-19-13(16-10)12-4-2-3-5-15-12/h2-5,9,11,14,17H,6-8H2,1H3. The van der Waals surface area contributed by atoms with E-state index in [0.717, 1.165) is 16.4 Å². The van der Waals surface area contributed by atoms with Crippen LogP contribution < -0.4 is 5.32 Å². The van der Waals surface area contributed by atoms with Gasteiger partial charge in [0.25, 0.3) is 0 Å². The fourth-order valence-electron chi connectivity index (χ4n) is 1.61. The number of hydrogen-bond donors (Lipinski definition) is 2. The second-order valence-electron chi connectivity index (χ2n) is 4.10. The maximum atomic E-state index is 9.50. The van der Waals surface area contributed by atoms with E-state index in [1.807, 2.05) is 23.6 Å². The van der Waals surface area contributed by atoms with Crippen LogP contribution in [0.2, 0.25) is 0 Å². The second kappa shape index (κ2) is 7.30. The van der Waals surface area contributed by atoms with E-state index >= 15 is 0 Å². The van der Waals surface area contributed by atoms with Crippen molar-refractivity contribution in [2.24, 2.45) is 0 Å². The summed E-state index contributed by atoms with van der Waals surface area (Å²) < 4.78 is 4.86. The van der Waals surface area contributed by atoms with Gasteiger partial charge in [0.15, 0.2) is 0 Å². The summed E-state index contributed by atoms with van der Waals surface area (Å²) >= 11 is 1.57. The molecule has 0 bridgehead atoms. The Bertz CT molecular complexity index is 490. The summed E-state index contributed by atoms with van der Waals surface area (Å²) in [6.45, 7) is 1.46. The summed E-state index contributed by atoms with van der Waals surface area (Å²) in [5.74, 6) is 0. The molecule has 0 aliphatic rings. The summed E-state index contributed by atoms with van der Waals surface area (Å²) in [7, 11) is 1.57. The number of hydrogen-bond acceptors (Lipinski definition) is 6. The van der Waals surface area contributed by atoms with Gasteiger partial charge in [0.05, 0.1) is 24.1 Å². The average Bonchev–Trinajstić information content (AvgIpc) is 2.89. The third kappa shape index (κ3) is 4.36. The first kappa shape index (κ1) is 14.1. The molecule has 102 valence electrons. The van der Waals surface area contributed by atoms with Gasteiger partial charge in [-0.05, 0) is 12.1 Å². The molecule has 2 rings (SSSR count). The zero-order valence-electron chi connectivity index (χ0n) is 10.7. The Balaban J connectivity index is 1.85. The summed E-state index contributed by atoms with van der Waals surface area (Å²) in [4.78, 5) is 8.77. The van der Waals surface area contributed by atoms with Crippen LogP contribution in [0.1, 0.15) is 5.69 Å². The van der Waals surface area contributed by atoms with Crippen LogP contribution in [-0.2, 0) is 11.3 Å². The second-order valence-corrected chi connectivity index (χ2v) is 4.96. The van der Waals surface area contributed by atoms with Crippen molar-refractivity contribution in [2.75, 3.05) is 20.3 Å². The molecule has 6 heteroatoms. The average molecular weight is 279 g/mol. The summed E-state index contributed by atoms with van der Waals surface area (Å²) in [5, 5.41) is 15.6. The van der Waals surface area contributed by atoms with E-state index < -0.39 is 6.10 Å². The number of aliphatic hydroxyl groups excluding tert-OH is 1. The lowest BCUT2D eigenvalue weighted by Gasteiger charge is -2.09. The summed E-state index contributed by atoms with van der Waals surface area (Å²) in [6.07, 6.45) is 1.27.